The Morgan fingerprint density at radius 3 is 2.77 bits per heavy atom. The third-order valence-electron chi connectivity index (χ3n) is 4.91. The van der Waals surface area contributed by atoms with Crippen molar-refractivity contribution < 1.29 is 14.3 Å². The summed E-state index contributed by atoms with van der Waals surface area (Å²) < 4.78 is 5.64. The monoisotopic (exact) mass is 370 g/mol. The second kappa shape index (κ2) is 7.00. The van der Waals surface area contributed by atoms with Gasteiger partial charge in [0.15, 0.2) is 0 Å². The average Bonchev–Trinajstić information content (AvgIpc) is 3.04. The number of amides is 2. The summed E-state index contributed by atoms with van der Waals surface area (Å²) >= 11 is 6.20. The van der Waals surface area contributed by atoms with E-state index >= 15 is 0 Å². The van der Waals surface area contributed by atoms with Crippen molar-refractivity contribution in [2.24, 2.45) is 5.92 Å². The summed E-state index contributed by atoms with van der Waals surface area (Å²) in [7, 11) is 0. The summed E-state index contributed by atoms with van der Waals surface area (Å²) in [5, 5.41) is 3.61. The molecule has 2 aromatic carbocycles. The number of hydrogen-bond acceptors (Lipinski definition) is 3. The SMILES string of the molecule is O=C(N[C@@H]1CCOc2ccccc21)[C@H]1CC(=O)N(c2ccccc2Cl)C1. The molecule has 0 aromatic heterocycles. The second-order valence-electron chi connectivity index (χ2n) is 6.59. The molecule has 0 saturated carbocycles. The van der Waals surface area contributed by atoms with Gasteiger partial charge in [-0.2, -0.15) is 0 Å². The summed E-state index contributed by atoms with van der Waals surface area (Å²) in [5.74, 6) is 0.248. The van der Waals surface area contributed by atoms with Crippen LogP contribution in [0.25, 0.3) is 0 Å². The number of rotatable bonds is 3. The first-order valence-electron chi connectivity index (χ1n) is 8.70. The maximum absolute atomic E-state index is 12.8. The standard InChI is InChI=1S/C20H19ClN2O3/c21-15-6-2-3-7-17(15)23-12-13(11-19(23)24)20(25)22-16-9-10-26-18-8-4-1-5-14(16)18/h1-8,13,16H,9-12H2,(H,22,25)/t13-,16+/m0/s1. The number of hydrogen-bond donors (Lipinski definition) is 1. The number of ether oxygens (including phenoxy) is 1. The van der Waals surface area contributed by atoms with Crippen LogP contribution in [-0.2, 0) is 9.59 Å². The van der Waals surface area contributed by atoms with Gasteiger partial charge in [-0.05, 0) is 18.2 Å². The molecule has 6 heteroatoms. The van der Waals surface area contributed by atoms with Crippen LogP contribution in [0.5, 0.6) is 5.75 Å². The molecule has 0 bridgehead atoms. The molecule has 0 spiro atoms. The highest BCUT2D eigenvalue weighted by Gasteiger charge is 2.37. The minimum atomic E-state index is -0.381. The smallest absolute Gasteiger partial charge is 0.227 e. The van der Waals surface area contributed by atoms with Gasteiger partial charge in [-0.25, -0.2) is 0 Å². The van der Waals surface area contributed by atoms with Gasteiger partial charge >= 0.3 is 0 Å². The van der Waals surface area contributed by atoms with E-state index in [9.17, 15) is 9.59 Å². The number of carbonyl (C=O) groups excluding carboxylic acids is 2. The van der Waals surface area contributed by atoms with E-state index in [1.807, 2.05) is 36.4 Å². The molecule has 2 aliphatic rings. The number of para-hydroxylation sites is 2. The van der Waals surface area contributed by atoms with Crippen molar-refractivity contribution in [1.29, 1.82) is 0 Å². The molecule has 26 heavy (non-hydrogen) atoms. The van der Waals surface area contributed by atoms with Gasteiger partial charge in [0.2, 0.25) is 11.8 Å². The Kier molecular flexibility index (Phi) is 4.55. The van der Waals surface area contributed by atoms with Gasteiger partial charge in [0, 0.05) is 24.9 Å². The number of fused-ring (bicyclic) bond motifs is 1. The highest BCUT2D eigenvalue weighted by Crippen LogP contribution is 2.34. The van der Waals surface area contributed by atoms with E-state index in [2.05, 4.69) is 5.32 Å². The lowest BCUT2D eigenvalue weighted by molar-refractivity contribution is -0.127. The summed E-state index contributed by atoms with van der Waals surface area (Å²) in [6.45, 7) is 0.913. The average molecular weight is 371 g/mol. The molecule has 1 saturated heterocycles. The molecule has 134 valence electrons. The molecular weight excluding hydrogens is 352 g/mol. The molecule has 2 amide bonds. The van der Waals surface area contributed by atoms with E-state index in [1.165, 1.54) is 0 Å². The van der Waals surface area contributed by atoms with E-state index in [-0.39, 0.29) is 30.2 Å². The fraction of sp³-hybridized carbons (Fsp3) is 0.300. The van der Waals surface area contributed by atoms with Gasteiger partial charge in [-0.3, -0.25) is 9.59 Å². The molecule has 2 aliphatic heterocycles. The Hall–Kier alpha value is -2.53. The second-order valence-corrected chi connectivity index (χ2v) is 7.00. The van der Waals surface area contributed by atoms with Crippen LogP contribution in [0.15, 0.2) is 48.5 Å². The molecule has 2 heterocycles. The van der Waals surface area contributed by atoms with Crippen molar-refractivity contribution in [1.82, 2.24) is 5.32 Å². The van der Waals surface area contributed by atoms with Crippen molar-refractivity contribution in [3.8, 4) is 5.75 Å². The van der Waals surface area contributed by atoms with Crippen LogP contribution < -0.4 is 15.0 Å². The molecule has 0 unspecified atom stereocenters. The van der Waals surface area contributed by atoms with E-state index < -0.39 is 0 Å². The van der Waals surface area contributed by atoms with E-state index in [0.717, 1.165) is 17.7 Å². The first kappa shape index (κ1) is 16.9. The van der Waals surface area contributed by atoms with E-state index in [0.29, 0.717) is 23.9 Å². The molecule has 4 rings (SSSR count). The molecule has 1 fully saturated rings. The third kappa shape index (κ3) is 3.15. The van der Waals surface area contributed by atoms with Crippen LogP contribution in [-0.4, -0.2) is 25.0 Å². The molecule has 5 nitrogen and oxygen atoms in total. The van der Waals surface area contributed by atoms with Crippen molar-refractivity contribution >= 4 is 29.1 Å². The Morgan fingerprint density at radius 1 is 1.15 bits per heavy atom. The molecule has 2 aromatic rings. The number of benzene rings is 2. The van der Waals surface area contributed by atoms with Crippen LogP contribution in [0.4, 0.5) is 5.69 Å². The zero-order valence-electron chi connectivity index (χ0n) is 14.2. The molecule has 0 aliphatic carbocycles. The topological polar surface area (TPSA) is 58.6 Å². The van der Waals surface area contributed by atoms with Crippen LogP contribution in [0.2, 0.25) is 5.02 Å². The first-order chi connectivity index (χ1) is 12.6. The predicted molar refractivity (Wildman–Crippen MR) is 99.3 cm³/mol. The Bertz CT molecular complexity index is 854. The number of carbonyl (C=O) groups is 2. The fourth-order valence-corrected chi connectivity index (χ4v) is 3.81. The lowest BCUT2D eigenvalue weighted by Gasteiger charge is -2.27. The van der Waals surface area contributed by atoms with E-state index in [4.69, 9.17) is 16.3 Å². The van der Waals surface area contributed by atoms with Gasteiger partial charge in [0.1, 0.15) is 5.75 Å². The quantitative estimate of drug-likeness (QED) is 0.901. The molecule has 1 N–H and O–H groups in total. The van der Waals surface area contributed by atoms with Gasteiger partial charge in [-0.1, -0.05) is 41.9 Å². The van der Waals surface area contributed by atoms with Gasteiger partial charge in [0.05, 0.1) is 29.3 Å². The Labute approximate surface area is 156 Å². The summed E-state index contributed by atoms with van der Waals surface area (Å²) in [4.78, 5) is 26.8. The lowest BCUT2D eigenvalue weighted by Crippen LogP contribution is -2.37. The van der Waals surface area contributed by atoms with Crippen LogP contribution in [0.1, 0.15) is 24.4 Å². The highest BCUT2D eigenvalue weighted by molar-refractivity contribution is 6.33. The molecule has 2 atom stereocenters. The van der Waals surface area contributed by atoms with Crippen molar-refractivity contribution in [2.45, 2.75) is 18.9 Å². The van der Waals surface area contributed by atoms with Crippen LogP contribution >= 0.6 is 11.6 Å². The third-order valence-corrected chi connectivity index (χ3v) is 5.23. The normalized spacial score (nSPS) is 21.9. The van der Waals surface area contributed by atoms with Gasteiger partial charge in [0.25, 0.3) is 0 Å². The fourth-order valence-electron chi connectivity index (χ4n) is 3.57. The highest BCUT2D eigenvalue weighted by atomic mass is 35.5. The molecule has 0 radical (unpaired) electrons. The van der Waals surface area contributed by atoms with E-state index in [1.54, 1.807) is 17.0 Å². The largest absolute Gasteiger partial charge is 0.493 e. The van der Waals surface area contributed by atoms with Crippen molar-refractivity contribution in [3.63, 3.8) is 0 Å². The van der Waals surface area contributed by atoms with Crippen molar-refractivity contribution in [2.75, 3.05) is 18.1 Å². The Balaban J connectivity index is 1.47. The number of nitrogens with zero attached hydrogens (tertiary/aromatic N) is 1. The first-order valence-corrected chi connectivity index (χ1v) is 9.08. The zero-order chi connectivity index (χ0) is 18.1. The minimum absolute atomic E-state index is 0.0781. The number of anilines is 1. The molecular formula is C20H19ClN2O3. The van der Waals surface area contributed by atoms with Crippen LogP contribution in [0, 0.1) is 5.92 Å². The summed E-state index contributed by atoms with van der Waals surface area (Å²) in [5.41, 5.74) is 1.64. The van der Waals surface area contributed by atoms with Crippen LogP contribution in [0.3, 0.4) is 0 Å². The summed E-state index contributed by atoms with van der Waals surface area (Å²) in [6.07, 6.45) is 0.916. The summed E-state index contributed by atoms with van der Waals surface area (Å²) in [6, 6.07) is 14.8. The maximum Gasteiger partial charge on any atom is 0.227 e. The lowest BCUT2D eigenvalue weighted by atomic mass is 9.99. The zero-order valence-corrected chi connectivity index (χ0v) is 14.9. The Morgan fingerprint density at radius 2 is 1.92 bits per heavy atom. The number of halogens is 1. The predicted octanol–water partition coefficient (Wildman–Crippen LogP) is 3.33. The van der Waals surface area contributed by atoms with Gasteiger partial charge in [-0.15, -0.1) is 0 Å². The maximum atomic E-state index is 12.8. The minimum Gasteiger partial charge on any atom is -0.493 e. The van der Waals surface area contributed by atoms with Crippen molar-refractivity contribution in [3.05, 3.63) is 59.1 Å². The van der Waals surface area contributed by atoms with Gasteiger partial charge < -0.3 is 15.0 Å². The number of nitrogens with one attached hydrogen (secondary N) is 1.